The third-order valence-electron chi connectivity index (χ3n) is 6.22. The van der Waals surface area contributed by atoms with Crippen LogP contribution in [-0.2, 0) is 19.6 Å². The summed E-state index contributed by atoms with van der Waals surface area (Å²) < 4.78 is 2.12. The number of nitrogens with one attached hydrogen (secondary N) is 2. The van der Waals surface area contributed by atoms with Crippen LogP contribution >= 0.6 is 0 Å². The molecular weight excluding hydrogens is 450 g/mol. The predicted molar refractivity (Wildman–Crippen MR) is 142 cm³/mol. The van der Waals surface area contributed by atoms with Crippen LogP contribution in [-0.4, -0.2) is 32.0 Å². The maximum Gasteiger partial charge on any atom is 0.251 e. The molecule has 3 aromatic heterocycles. The molecule has 5 rings (SSSR count). The van der Waals surface area contributed by atoms with Crippen LogP contribution in [0.5, 0.6) is 0 Å². The molecule has 0 spiro atoms. The molecule has 0 saturated heterocycles. The first-order valence-corrected chi connectivity index (χ1v) is 12.1. The van der Waals surface area contributed by atoms with Crippen LogP contribution in [0.1, 0.15) is 34.3 Å². The van der Waals surface area contributed by atoms with Gasteiger partial charge in [0.1, 0.15) is 5.52 Å². The summed E-state index contributed by atoms with van der Waals surface area (Å²) >= 11 is 0. The van der Waals surface area contributed by atoms with E-state index in [2.05, 4.69) is 30.2 Å². The minimum Gasteiger partial charge on any atom is -0.382 e. The average molecular weight is 480 g/mol. The fourth-order valence-electron chi connectivity index (χ4n) is 4.31. The van der Waals surface area contributed by atoms with Gasteiger partial charge < -0.3 is 20.9 Å². The van der Waals surface area contributed by atoms with Gasteiger partial charge in [0.05, 0.1) is 17.4 Å². The Morgan fingerprint density at radius 3 is 2.47 bits per heavy atom. The number of pyridine rings is 2. The molecule has 0 aliphatic carbocycles. The van der Waals surface area contributed by atoms with Crippen LogP contribution in [0.25, 0.3) is 21.9 Å². The molecule has 2 aromatic carbocycles. The van der Waals surface area contributed by atoms with Gasteiger partial charge in [0.2, 0.25) is 0 Å². The van der Waals surface area contributed by atoms with E-state index in [1.807, 2.05) is 67.0 Å². The fourth-order valence-corrected chi connectivity index (χ4v) is 4.31. The number of imidazole rings is 1. The van der Waals surface area contributed by atoms with Gasteiger partial charge in [0.25, 0.3) is 5.91 Å². The molecule has 5 aromatic rings. The fraction of sp³-hybridized carbons (Fsp3) is 0.214. The van der Waals surface area contributed by atoms with Crippen molar-refractivity contribution in [3.05, 3.63) is 96.1 Å². The molecule has 0 fully saturated rings. The summed E-state index contributed by atoms with van der Waals surface area (Å²) in [6, 6.07) is 19.7. The molecule has 8 nitrogen and oxygen atoms in total. The SMILES string of the molecule is Nc1nc2ccccc2c2c1ncn2CCCCNC(=O)c1ccc(CNCc2ccncc2)cc1. The minimum atomic E-state index is -0.0517. The highest BCUT2D eigenvalue weighted by Crippen LogP contribution is 2.27. The summed E-state index contributed by atoms with van der Waals surface area (Å²) in [6.45, 7) is 2.93. The monoisotopic (exact) mass is 479 g/mol. The molecule has 182 valence electrons. The number of amides is 1. The molecular formula is C28H29N7O. The van der Waals surface area contributed by atoms with Crippen molar-refractivity contribution in [2.45, 2.75) is 32.5 Å². The van der Waals surface area contributed by atoms with Crippen molar-refractivity contribution in [1.82, 2.24) is 30.2 Å². The van der Waals surface area contributed by atoms with E-state index in [1.165, 1.54) is 5.56 Å². The summed E-state index contributed by atoms with van der Waals surface area (Å²) in [5.74, 6) is 0.398. The lowest BCUT2D eigenvalue weighted by Crippen LogP contribution is -2.24. The number of benzene rings is 2. The molecule has 0 aliphatic heterocycles. The van der Waals surface area contributed by atoms with Crippen LogP contribution in [0.3, 0.4) is 0 Å². The van der Waals surface area contributed by atoms with E-state index in [0.29, 0.717) is 17.9 Å². The van der Waals surface area contributed by atoms with E-state index < -0.39 is 0 Å². The van der Waals surface area contributed by atoms with Gasteiger partial charge in [-0.3, -0.25) is 9.78 Å². The highest BCUT2D eigenvalue weighted by Gasteiger charge is 2.12. The van der Waals surface area contributed by atoms with Crippen molar-refractivity contribution in [2.24, 2.45) is 0 Å². The van der Waals surface area contributed by atoms with Gasteiger partial charge in [-0.05, 0) is 54.3 Å². The van der Waals surface area contributed by atoms with Gasteiger partial charge >= 0.3 is 0 Å². The van der Waals surface area contributed by atoms with Gasteiger partial charge in [0, 0.05) is 49.5 Å². The molecule has 0 aliphatic rings. The summed E-state index contributed by atoms with van der Waals surface area (Å²) in [5.41, 5.74) is 11.7. The number of aromatic nitrogens is 4. The molecule has 0 unspecified atom stereocenters. The third-order valence-corrected chi connectivity index (χ3v) is 6.22. The second kappa shape index (κ2) is 11.0. The molecule has 0 atom stereocenters. The second-order valence-corrected chi connectivity index (χ2v) is 8.77. The first kappa shape index (κ1) is 23.4. The number of anilines is 1. The Labute approximate surface area is 209 Å². The molecule has 0 saturated carbocycles. The van der Waals surface area contributed by atoms with Gasteiger partial charge in [-0.2, -0.15) is 0 Å². The van der Waals surface area contributed by atoms with Crippen molar-refractivity contribution in [2.75, 3.05) is 12.3 Å². The maximum absolute atomic E-state index is 12.5. The lowest BCUT2D eigenvalue weighted by molar-refractivity contribution is 0.0953. The third kappa shape index (κ3) is 5.34. The topological polar surface area (TPSA) is 111 Å². The molecule has 8 heteroatoms. The van der Waals surface area contributed by atoms with E-state index in [-0.39, 0.29) is 5.91 Å². The summed E-state index contributed by atoms with van der Waals surface area (Å²) in [7, 11) is 0. The normalized spacial score (nSPS) is 11.2. The number of hydrogen-bond acceptors (Lipinski definition) is 6. The van der Waals surface area contributed by atoms with Crippen LogP contribution < -0.4 is 16.4 Å². The van der Waals surface area contributed by atoms with E-state index in [0.717, 1.165) is 60.0 Å². The highest BCUT2D eigenvalue weighted by atomic mass is 16.1. The van der Waals surface area contributed by atoms with Crippen LogP contribution in [0, 0.1) is 0 Å². The van der Waals surface area contributed by atoms with Crippen LogP contribution in [0.15, 0.2) is 79.4 Å². The zero-order valence-corrected chi connectivity index (χ0v) is 20.0. The number of hydrogen-bond donors (Lipinski definition) is 3. The molecule has 1 amide bonds. The Morgan fingerprint density at radius 2 is 1.67 bits per heavy atom. The van der Waals surface area contributed by atoms with Crippen molar-refractivity contribution in [3.8, 4) is 0 Å². The average Bonchev–Trinajstić information content (AvgIpc) is 3.34. The molecule has 4 N–H and O–H groups in total. The van der Waals surface area contributed by atoms with Crippen molar-refractivity contribution < 1.29 is 4.79 Å². The quantitative estimate of drug-likeness (QED) is 0.261. The second-order valence-electron chi connectivity index (χ2n) is 8.77. The summed E-state index contributed by atoms with van der Waals surface area (Å²) in [5, 5.41) is 7.47. The Bertz CT molecular complexity index is 1460. The number of fused-ring (bicyclic) bond motifs is 3. The highest BCUT2D eigenvalue weighted by molar-refractivity contribution is 6.06. The maximum atomic E-state index is 12.5. The summed E-state index contributed by atoms with van der Waals surface area (Å²) in [6.07, 6.45) is 7.17. The van der Waals surface area contributed by atoms with E-state index in [4.69, 9.17) is 5.73 Å². The number of unbranched alkanes of at least 4 members (excludes halogenated alkanes) is 1. The van der Waals surface area contributed by atoms with E-state index in [1.54, 1.807) is 12.4 Å². The zero-order valence-electron chi connectivity index (χ0n) is 20.0. The number of rotatable bonds is 10. The number of carbonyl (C=O) groups is 1. The molecule has 0 radical (unpaired) electrons. The van der Waals surface area contributed by atoms with E-state index in [9.17, 15) is 4.79 Å². The first-order valence-electron chi connectivity index (χ1n) is 12.1. The Kier molecular flexibility index (Phi) is 7.14. The summed E-state index contributed by atoms with van der Waals surface area (Å²) in [4.78, 5) is 25.5. The van der Waals surface area contributed by atoms with Gasteiger partial charge in [-0.25, -0.2) is 9.97 Å². The van der Waals surface area contributed by atoms with Gasteiger partial charge in [0.15, 0.2) is 5.82 Å². The van der Waals surface area contributed by atoms with E-state index >= 15 is 0 Å². The number of carbonyl (C=O) groups excluding carboxylic acids is 1. The Morgan fingerprint density at radius 1 is 0.917 bits per heavy atom. The molecule has 36 heavy (non-hydrogen) atoms. The Hall–Kier alpha value is -4.30. The van der Waals surface area contributed by atoms with Crippen molar-refractivity contribution in [3.63, 3.8) is 0 Å². The lowest BCUT2D eigenvalue weighted by atomic mass is 10.1. The lowest BCUT2D eigenvalue weighted by Gasteiger charge is -2.09. The standard InChI is InChI=1S/C28H29N7O/c29-27-25-26(23-5-1-2-6-24(23)34-27)35(19-33-25)16-4-3-13-32-28(36)22-9-7-20(8-10-22)17-31-18-21-11-14-30-15-12-21/h1-2,5-12,14-15,19,31H,3-4,13,16-18H2,(H2,29,34)(H,32,36). The van der Waals surface area contributed by atoms with Crippen molar-refractivity contribution >= 4 is 33.7 Å². The first-order chi connectivity index (χ1) is 17.7. The number of nitrogens with two attached hydrogens (primary N) is 1. The van der Waals surface area contributed by atoms with Crippen molar-refractivity contribution in [1.29, 1.82) is 0 Å². The number of para-hydroxylation sites is 1. The number of nitrogen functional groups attached to an aromatic ring is 1. The number of aryl methyl sites for hydroxylation is 1. The predicted octanol–water partition coefficient (Wildman–Crippen LogP) is 4.06. The minimum absolute atomic E-state index is 0.0517. The molecule has 3 heterocycles. The van der Waals surface area contributed by atoms with Gasteiger partial charge in [-0.15, -0.1) is 0 Å². The number of nitrogens with zero attached hydrogens (tertiary/aromatic N) is 4. The smallest absolute Gasteiger partial charge is 0.251 e. The largest absolute Gasteiger partial charge is 0.382 e. The molecule has 0 bridgehead atoms. The van der Waals surface area contributed by atoms with Gasteiger partial charge in [-0.1, -0.05) is 30.3 Å². The van der Waals surface area contributed by atoms with Crippen LogP contribution in [0.2, 0.25) is 0 Å². The van der Waals surface area contributed by atoms with Crippen LogP contribution in [0.4, 0.5) is 5.82 Å². The Balaban J connectivity index is 1.08. The zero-order chi connectivity index (χ0) is 24.7.